The molecule has 68 valence electrons. The molecule has 0 heterocycles. The molecule has 0 fully saturated rings. The molecular formula is C10H21F. The molecule has 0 amide bonds. The summed E-state index contributed by atoms with van der Waals surface area (Å²) in [6.45, 7) is 8.27. The predicted octanol–water partition coefficient (Wildman–Crippen LogP) is 3.81. The number of hydrogen-bond acceptors (Lipinski definition) is 0. The van der Waals surface area contributed by atoms with E-state index in [1.54, 1.807) is 0 Å². The minimum atomic E-state index is -0.171. The Labute approximate surface area is 70.2 Å². The topological polar surface area (TPSA) is 0 Å². The smallest absolute Gasteiger partial charge is 0.0950 e. The van der Waals surface area contributed by atoms with Gasteiger partial charge in [-0.2, -0.15) is 0 Å². The summed E-state index contributed by atoms with van der Waals surface area (Å²) in [6.07, 6.45) is 3.16. The molecule has 1 heteroatoms. The van der Waals surface area contributed by atoms with E-state index in [1.165, 1.54) is 0 Å². The largest absolute Gasteiger partial charge is 0.250 e. The van der Waals surface area contributed by atoms with Crippen molar-refractivity contribution in [1.29, 1.82) is 0 Å². The molecule has 0 aromatic heterocycles. The first-order chi connectivity index (χ1) is 5.14. The minimum absolute atomic E-state index is 0.0660. The zero-order valence-electron chi connectivity index (χ0n) is 8.28. The molecule has 0 radical (unpaired) electrons. The van der Waals surface area contributed by atoms with E-state index in [1.807, 2.05) is 0 Å². The molecule has 0 saturated heterocycles. The summed E-state index contributed by atoms with van der Waals surface area (Å²) < 4.78 is 12.7. The Morgan fingerprint density at radius 3 is 1.73 bits per heavy atom. The first kappa shape index (κ1) is 10.9. The molecule has 0 aromatic rings. The third-order valence-corrected chi connectivity index (χ3v) is 3.08. The van der Waals surface area contributed by atoms with Gasteiger partial charge in [-0.1, -0.05) is 40.5 Å². The van der Waals surface area contributed by atoms with E-state index in [0.717, 1.165) is 19.3 Å². The molecule has 0 rings (SSSR count). The Balaban J connectivity index is 4.19. The van der Waals surface area contributed by atoms with Gasteiger partial charge in [0.15, 0.2) is 0 Å². The maximum absolute atomic E-state index is 12.7. The van der Waals surface area contributed by atoms with Crippen LogP contribution in [0.1, 0.15) is 47.0 Å². The predicted molar refractivity (Wildman–Crippen MR) is 48.4 cm³/mol. The highest BCUT2D eigenvalue weighted by Crippen LogP contribution is 2.35. The molecule has 0 aliphatic rings. The normalized spacial score (nSPS) is 16.9. The van der Waals surface area contributed by atoms with Gasteiger partial charge >= 0.3 is 0 Å². The summed E-state index contributed by atoms with van der Waals surface area (Å²) in [5, 5.41) is 0. The SMILES string of the molecule is CCC(CC)[C@@](C)(CC)CF. The van der Waals surface area contributed by atoms with Gasteiger partial charge in [0, 0.05) is 0 Å². The molecule has 0 bridgehead atoms. The molecule has 11 heavy (non-hydrogen) atoms. The maximum Gasteiger partial charge on any atom is 0.0950 e. The zero-order valence-corrected chi connectivity index (χ0v) is 8.28. The molecule has 0 saturated carbocycles. The molecule has 0 aliphatic carbocycles. The van der Waals surface area contributed by atoms with E-state index < -0.39 is 0 Å². The molecule has 1 atom stereocenters. The summed E-state index contributed by atoms with van der Waals surface area (Å²) in [5.74, 6) is 0.553. The average Bonchev–Trinajstić information content (AvgIpc) is 2.06. The van der Waals surface area contributed by atoms with Crippen molar-refractivity contribution in [3.05, 3.63) is 0 Å². The second-order valence-electron chi connectivity index (χ2n) is 3.65. The highest BCUT2D eigenvalue weighted by atomic mass is 19.1. The van der Waals surface area contributed by atoms with Crippen molar-refractivity contribution in [2.75, 3.05) is 6.67 Å². The highest BCUT2D eigenvalue weighted by Gasteiger charge is 2.29. The fourth-order valence-electron chi connectivity index (χ4n) is 1.77. The van der Waals surface area contributed by atoms with Gasteiger partial charge in [-0.3, -0.25) is 4.39 Å². The van der Waals surface area contributed by atoms with Gasteiger partial charge in [-0.05, 0) is 17.8 Å². The lowest BCUT2D eigenvalue weighted by Crippen LogP contribution is -2.28. The van der Waals surface area contributed by atoms with Crippen molar-refractivity contribution in [1.82, 2.24) is 0 Å². The van der Waals surface area contributed by atoms with Gasteiger partial charge in [-0.15, -0.1) is 0 Å². The van der Waals surface area contributed by atoms with Crippen LogP contribution in [-0.4, -0.2) is 6.67 Å². The standard InChI is InChI=1S/C10H21F/c1-5-9(6-2)10(4,7-3)8-11/h9H,5-8H2,1-4H3/t10-/m0/s1. The fourth-order valence-corrected chi connectivity index (χ4v) is 1.77. The lowest BCUT2D eigenvalue weighted by atomic mass is 9.73. The second kappa shape index (κ2) is 4.74. The van der Waals surface area contributed by atoms with Crippen LogP contribution in [-0.2, 0) is 0 Å². The first-order valence-corrected chi connectivity index (χ1v) is 4.70. The van der Waals surface area contributed by atoms with Crippen LogP contribution in [0, 0.1) is 11.3 Å². The van der Waals surface area contributed by atoms with Crippen LogP contribution in [0.5, 0.6) is 0 Å². The number of halogens is 1. The fraction of sp³-hybridized carbons (Fsp3) is 1.00. The van der Waals surface area contributed by atoms with Crippen LogP contribution >= 0.6 is 0 Å². The summed E-state index contributed by atoms with van der Waals surface area (Å²) >= 11 is 0. The van der Waals surface area contributed by atoms with E-state index in [9.17, 15) is 4.39 Å². The lowest BCUT2D eigenvalue weighted by molar-refractivity contribution is 0.119. The zero-order chi connectivity index (χ0) is 8.91. The number of rotatable bonds is 5. The van der Waals surface area contributed by atoms with Crippen molar-refractivity contribution < 1.29 is 4.39 Å². The average molecular weight is 160 g/mol. The van der Waals surface area contributed by atoms with Crippen molar-refractivity contribution in [2.45, 2.75) is 47.0 Å². The van der Waals surface area contributed by atoms with Gasteiger partial charge in [0.05, 0.1) is 6.67 Å². The van der Waals surface area contributed by atoms with Crippen molar-refractivity contribution >= 4 is 0 Å². The summed E-state index contributed by atoms with van der Waals surface area (Å²) in [7, 11) is 0. The Morgan fingerprint density at radius 1 is 1.18 bits per heavy atom. The van der Waals surface area contributed by atoms with E-state index in [2.05, 4.69) is 27.7 Å². The minimum Gasteiger partial charge on any atom is -0.250 e. The number of hydrogen-bond donors (Lipinski definition) is 0. The first-order valence-electron chi connectivity index (χ1n) is 4.70. The van der Waals surface area contributed by atoms with Crippen molar-refractivity contribution in [3.63, 3.8) is 0 Å². The Morgan fingerprint density at radius 2 is 1.64 bits per heavy atom. The molecule has 0 nitrogen and oxygen atoms in total. The Hall–Kier alpha value is -0.0700. The molecule has 0 unspecified atom stereocenters. The summed E-state index contributed by atoms with van der Waals surface area (Å²) in [6, 6.07) is 0. The third-order valence-electron chi connectivity index (χ3n) is 3.08. The lowest BCUT2D eigenvalue weighted by Gasteiger charge is -2.33. The summed E-state index contributed by atoms with van der Waals surface area (Å²) in [5.41, 5.74) is -0.0660. The van der Waals surface area contributed by atoms with E-state index in [-0.39, 0.29) is 12.1 Å². The van der Waals surface area contributed by atoms with Crippen LogP contribution in [0.2, 0.25) is 0 Å². The molecule has 0 aliphatic heterocycles. The van der Waals surface area contributed by atoms with Gasteiger partial charge < -0.3 is 0 Å². The van der Waals surface area contributed by atoms with Crippen LogP contribution < -0.4 is 0 Å². The van der Waals surface area contributed by atoms with Crippen molar-refractivity contribution in [3.8, 4) is 0 Å². The summed E-state index contributed by atoms with van der Waals surface area (Å²) in [4.78, 5) is 0. The molecule has 0 aromatic carbocycles. The molecule has 0 spiro atoms. The van der Waals surface area contributed by atoms with E-state index in [0.29, 0.717) is 5.92 Å². The van der Waals surface area contributed by atoms with E-state index in [4.69, 9.17) is 0 Å². The highest BCUT2D eigenvalue weighted by molar-refractivity contribution is 4.79. The van der Waals surface area contributed by atoms with Gasteiger partial charge in [0.2, 0.25) is 0 Å². The van der Waals surface area contributed by atoms with Crippen LogP contribution in [0.15, 0.2) is 0 Å². The van der Waals surface area contributed by atoms with Gasteiger partial charge in [0.1, 0.15) is 0 Å². The third kappa shape index (κ3) is 2.46. The van der Waals surface area contributed by atoms with Crippen LogP contribution in [0.4, 0.5) is 4.39 Å². The quantitative estimate of drug-likeness (QED) is 0.573. The number of alkyl halides is 1. The Kier molecular flexibility index (Phi) is 4.71. The monoisotopic (exact) mass is 160 g/mol. The van der Waals surface area contributed by atoms with Gasteiger partial charge in [0.25, 0.3) is 0 Å². The van der Waals surface area contributed by atoms with Crippen LogP contribution in [0.25, 0.3) is 0 Å². The van der Waals surface area contributed by atoms with Crippen LogP contribution in [0.3, 0.4) is 0 Å². The van der Waals surface area contributed by atoms with Gasteiger partial charge in [-0.25, -0.2) is 0 Å². The molecule has 0 N–H and O–H groups in total. The second-order valence-corrected chi connectivity index (χ2v) is 3.65. The van der Waals surface area contributed by atoms with E-state index >= 15 is 0 Å². The van der Waals surface area contributed by atoms with Crippen molar-refractivity contribution in [2.24, 2.45) is 11.3 Å². The Bertz CT molecular complexity index is 91.0. The maximum atomic E-state index is 12.7. The molecular weight excluding hydrogens is 139 g/mol.